The lowest BCUT2D eigenvalue weighted by atomic mass is 9.64. The van der Waals surface area contributed by atoms with Crippen LogP contribution in [0.2, 0.25) is 0 Å². The number of aliphatic carboxylic acids is 1. The van der Waals surface area contributed by atoms with Crippen molar-refractivity contribution in [2.24, 2.45) is 17.1 Å². The normalized spacial score (nSPS) is 15.0. The summed E-state index contributed by atoms with van der Waals surface area (Å²) in [6.07, 6.45) is 1.70. The van der Waals surface area contributed by atoms with Crippen molar-refractivity contribution >= 4 is 35.3 Å². The van der Waals surface area contributed by atoms with Crippen molar-refractivity contribution in [1.29, 1.82) is 0 Å². The molecule has 0 aromatic heterocycles. The molecule has 1 aliphatic rings. The maximum absolute atomic E-state index is 12.9. The minimum absolute atomic E-state index is 0.116. The fraction of sp³-hybridized carbons (Fsp3) is 0.500. The fourth-order valence-electron chi connectivity index (χ4n) is 3.56. The number of nitrogens with one attached hydrogen (secondary N) is 2. The molecule has 0 radical (unpaired) electrons. The molecule has 0 heterocycles. The zero-order chi connectivity index (χ0) is 23.7. The number of esters is 1. The number of urea groups is 1. The van der Waals surface area contributed by atoms with E-state index in [0.717, 1.165) is 5.56 Å². The lowest BCUT2D eigenvalue weighted by Gasteiger charge is -2.36. The van der Waals surface area contributed by atoms with E-state index in [1.807, 2.05) is 0 Å². The van der Waals surface area contributed by atoms with Gasteiger partial charge in [0.1, 0.15) is 12.0 Å². The predicted molar refractivity (Wildman–Crippen MR) is 114 cm³/mol. The van der Waals surface area contributed by atoms with Gasteiger partial charge in [-0.2, -0.15) is 0 Å². The summed E-state index contributed by atoms with van der Waals surface area (Å²) in [6.45, 7) is 1.67. The van der Waals surface area contributed by atoms with Gasteiger partial charge >= 0.3 is 18.0 Å². The van der Waals surface area contributed by atoms with E-state index >= 15 is 0 Å². The number of benzene rings is 1. The summed E-state index contributed by atoms with van der Waals surface area (Å²) in [5.41, 5.74) is 4.88. The second-order valence-electron chi connectivity index (χ2n) is 7.96. The average molecular weight is 447 g/mol. The summed E-state index contributed by atoms with van der Waals surface area (Å²) in [4.78, 5) is 59.0. The van der Waals surface area contributed by atoms with Gasteiger partial charge in [-0.3, -0.25) is 19.2 Å². The molecule has 10 nitrogen and oxygen atoms in total. The minimum atomic E-state index is -1.40. The van der Waals surface area contributed by atoms with Crippen molar-refractivity contribution in [1.82, 2.24) is 5.32 Å². The van der Waals surface area contributed by atoms with Gasteiger partial charge in [0.2, 0.25) is 5.91 Å². The Bertz CT molecular complexity index is 863. The van der Waals surface area contributed by atoms with Crippen LogP contribution in [0.1, 0.15) is 51.0 Å². The third-order valence-electron chi connectivity index (χ3n) is 5.64. The van der Waals surface area contributed by atoms with Gasteiger partial charge in [0.25, 0.3) is 0 Å². The second-order valence-corrected chi connectivity index (χ2v) is 7.96. The summed E-state index contributed by atoms with van der Waals surface area (Å²) in [5.74, 6) is -3.16. The summed E-state index contributed by atoms with van der Waals surface area (Å²) in [5, 5.41) is 14.7. The Morgan fingerprint density at radius 3 is 2.31 bits per heavy atom. The van der Waals surface area contributed by atoms with Crippen molar-refractivity contribution in [3.8, 4) is 0 Å². The summed E-state index contributed by atoms with van der Waals surface area (Å²) in [7, 11) is 0. The number of ketones is 1. The molecule has 32 heavy (non-hydrogen) atoms. The number of carboxylic acid groups (broad SMARTS) is 1. The minimum Gasteiger partial charge on any atom is -0.480 e. The number of carboxylic acids is 1. The molecule has 3 amide bonds. The molecule has 1 aromatic carbocycles. The number of hydrogen-bond acceptors (Lipinski definition) is 6. The van der Waals surface area contributed by atoms with Gasteiger partial charge < -0.3 is 26.2 Å². The largest absolute Gasteiger partial charge is 0.480 e. The number of Topliss-reactive ketones (excluding diaryl/α,β-unsaturated/α-hetero) is 1. The lowest BCUT2D eigenvalue weighted by molar-refractivity contribution is -0.162. The quantitative estimate of drug-likeness (QED) is 0.216. The number of rotatable bonds is 12. The van der Waals surface area contributed by atoms with E-state index in [2.05, 4.69) is 10.6 Å². The smallest absolute Gasteiger partial charge is 0.317 e. The average Bonchev–Trinajstić information content (AvgIpc) is 2.68. The number of hydrogen-bond donors (Lipinski definition) is 4. The number of primary amides is 1. The maximum atomic E-state index is 12.9. The SMILES string of the molecule is CC(=O)OCc1ccc(NC(=O)[C@H](CCCNC(N)=O)CC(=O)C2(C(=O)O)CCC2)cc1. The van der Waals surface area contributed by atoms with Crippen molar-refractivity contribution < 1.29 is 33.8 Å². The molecule has 1 fully saturated rings. The number of amides is 3. The summed E-state index contributed by atoms with van der Waals surface area (Å²) < 4.78 is 4.92. The topological polar surface area (TPSA) is 165 Å². The Kier molecular flexibility index (Phi) is 8.74. The number of ether oxygens (including phenoxy) is 1. The van der Waals surface area contributed by atoms with Gasteiger partial charge in [-0.15, -0.1) is 0 Å². The molecule has 1 saturated carbocycles. The first kappa shape index (κ1) is 24.8. The van der Waals surface area contributed by atoms with Crippen LogP contribution in [0.5, 0.6) is 0 Å². The van der Waals surface area contributed by atoms with Crippen LogP contribution >= 0.6 is 0 Å². The van der Waals surface area contributed by atoms with Gasteiger partial charge in [0.05, 0.1) is 0 Å². The Morgan fingerprint density at radius 1 is 1.16 bits per heavy atom. The highest BCUT2D eigenvalue weighted by Crippen LogP contribution is 2.43. The van der Waals surface area contributed by atoms with Crippen LogP contribution in [0.4, 0.5) is 10.5 Å². The van der Waals surface area contributed by atoms with E-state index in [0.29, 0.717) is 18.5 Å². The van der Waals surface area contributed by atoms with Crippen LogP contribution < -0.4 is 16.4 Å². The number of nitrogens with two attached hydrogens (primary N) is 1. The summed E-state index contributed by atoms with van der Waals surface area (Å²) >= 11 is 0. The molecule has 0 saturated heterocycles. The van der Waals surface area contributed by atoms with Gasteiger partial charge in [0.15, 0.2) is 5.78 Å². The zero-order valence-corrected chi connectivity index (χ0v) is 18.0. The molecule has 2 rings (SSSR count). The van der Waals surface area contributed by atoms with Crippen LogP contribution in [0.15, 0.2) is 24.3 Å². The van der Waals surface area contributed by atoms with Crippen molar-refractivity contribution in [3.63, 3.8) is 0 Å². The Morgan fingerprint density at radius 2 is 1.81 bits per heavy atom. The van der Waals surface area contributed by atoms with Crippen molar-refractivity contribution in [2.45, 2.75) is 52.1 Å². The third-order valence-corrected chi connectivity index (χ3v) is 5.64. The third kappa shape index (κ3) is 6.79. The molecule has 1 atom stereocenters. The van der Waals surface area contributed by atoms with Crippen molar-refractivity contribution in [3.05, 3.63) is 29.8 Å². The number of carbonyl (C=O) groups excluding carboxylic acids is 4. The van der Waals surface area contributed by atoms with Crippen LogP contribution in [-0.2, 0) is 30.5 Å². The van der Waals surface area contributed by atoms with E-state index in [-0.39, 0.29) is 38.8 Å². The van der Waals surface area contributed by atoms with E-state index in [4.69, 9.17) is 10.5 Å². The second kappa shape index (κ2) is 11.3. The lowest BCUT2D eigenvalue weighted by Crippen LogP contribution is -2.46. The van der Waals surface area contributed by atoms with E-state index in [9.17, 15) is 29.1 Å². The Balaban J connectivity index is 2.04. The molecule has 174 valence electrons. The number of anilines is 1. The van der Waals surface area contributed by atoms with E-state index in [1.54, 1.807) is 24.3 Å². The van der Waals surface area contributed by atoms with Crippen molar-refractivity contribution in [2.75, 3.05) is 11.9 Å². The summed E-state index contributed by atoms with van der Waals surface area (Å²) in [6, 6.07) is 6.01. The molecule has 0 spiro atoms. The van der Waals surface area contributed by atoms with Gasteiger partial charge in [-0.25, -0.2) is 4.79 Å². The standard InChI is InChI=1S/C22H29N3O7/c1-14(26)32-13-15-5-7-17(8-6-15)25-19(28)16(4-2-11-24-21(23)31)12-18(27)22(20(29)30)9-3-10-22/h5-8,16H,2-4,9-13H2,1H3,(H,25,28)(H,29,30)(H3,23,24,31)/t16-/m1/s1. The molecule has 0 bridgehead atoms. The molecule has 0 aliphatic heterocycles. The monoisotopic (exact) mass is 447 g/mol. The molecule has 1 aromatic rings. The van der Waals surface area contributed by atoms with E-state index in [1.165, 1.54) is 6.92 Å². The molecular formula is C22H29N3O7. The molecule has 0 unspecified atom stereocenters. The van der Waals surface area contributed by atoms with Crippen LogP contribution in [0, 0.1) is 11.3 Å². The molecule has 10 heteroatoms. The Labute approximate surface area is 185 Å². The molecular weight excluding hydrogens is 418 g/mol. The first-order valence-corrected chi connectivity index (χ1v) is 10.5. The molecule has 1 aliphatic carbocycles. The van der Waals surface area contributed by atoms with E-state index < -0.39 is 41.0 Å². The van der Waals surface area contributed by atoms with Gasteiger partial charge in [-0.05, 0) is 43.4 Å². The molecule has 5 N–H and O–H groups in total. The first-order valence-electron chi connectivity index (χ1n) is 10.5. The van der Waals surface area contributed by atoms with Crippen LogP contribution in [0.25, 0.3) is 0 Å². The first-order chi connectivity index (χ1) is 15.1. The zero-order valence-electron chi connectivity index (χ0n) is 18.0. The van der Waals surface area contributed by atoms with Gasteiger partial charge in [-0.1, -0.05) is 18.6 Å². The van der Waals surface area contributed by atoms with Crippen LogP contribution in [0.3, 0.4) is 0 Å². The highest BCUT2D eigenvalue weighted by Gasteiger charge is 2.51. The van der Waals surface area contributed by atoms with Gasteiger partial charge in [0, 0.05) is 31.5 Å². The Hall–Kier alpha value is -3.43. The number of carbonyl (C=O) groups is 5. The highest BCUT2D eigenvalue weighted by atomic mass is 16.5. The highest BCUT2D eigenvalue weighted by molar-refractivity contribution is 6.06. The fourth-order valence-corrected chi connectivity index (χ4v) is 3.56. The van der Waals surface area contributed by atoms with Crippen LogP contribution in [-0.4, -0.2) is 41.3 Å². The maximum Gasteiger partial charge on any atom is 0.317 e. The predicted octanol–water partition coefficient (Wildman–Crippen LogP) is 1.97.